The van der Waals surface area contributed by atoms with E-state index in [9.17, 15) is 4.79 Å². The minimum atomic E-state index is -0.0594. The predicted octanol–water partition coefficient (Wildman–Crippen LogP) is 4.99. The van der Waals surface area contributed by atoms with E-state index in [-0.39, 0.29) is 11.6 Å². The number of fused-ring (bicyclic) bond motifs is 1. The van der Waals surface area contributed by atoms with E-state index in [1.807, 2.05) is 35.9 Å². The Morgan fingerprint density at radius 3 is 2.71 bits per heavy atom. The minimum absolute atomic E-state index is 0.0468. The minimum Gasteiger partial charge on any atom is -0.468 e. The molecule has 1 aliphatic rings. The zero-order valence-electron chi connectivity index (χ0n) is 20.1. The molecule has 0 bridgehead atoms. The van der Waals surface area contributed by atoms with Crippen LogP contribution in [0.25, 0.3) is 10.9 Å². The number of nitrogens with one attached hydrogen (secondary N) is 1. The van der Waals surface area contributed by atoms with Crippen molar-refractivity contribution >= 4 is 10.9 Å². The fraction of sp³-hybridized carbons (Fsp3) is 0.462. The van der Waals surface area contributed by atoms with Crippen LogP contribution in [0.1, 0.15) is 79.4 Å². The van der Waals surface area contributed by atoms with E-state index in [4.69, 9.17) is 4.42 Å². The molecular formula is C26H32N6O2. The third-order valence-electron chi connectivity index (χ3n) is 7.15. The highest BCUT2D eigenvalue weighted by Gasteiger charge is 2.30. The number of hydrogen-bond donors (Lipinski definition) is 1. The molecule has 5 rings (SSSR count). The zero-order chi connectivity index (χ0) is 23.7. The number of aryl methyl sites for hydroxylation is 2. The van der Waals surface area contributed by atoms with Gasteiger partial charge in [-0.3, -0.25) is 9.69 Å². The Morgan fingerprint density at radius 1 is 1.18 bits per heavy atom. The number of pyridine rings is 1. The molecule has 178 valence electrons. The molecule has 0 aliphatic heterocycles. The van der Waals surface area contributed by atoms with E-state index < -0.39 is 0 Å². The van der Waals surface area contributed by atoms with Gasteiger partial charge < -0.3 is 9.40 Å². The topological polar surface area (TPSA) is 92.8 Å². The van der Waals surface area contributed by atoms with Crippen LogP contribution in [-0.2, 0) is 13.1 Å². The Balaban J connectivity index is 1.54. The number of nitrogens with zero attached hydrogens (tertiary/aromatic N) is 5. The molecule has 0 saturated heterocycles. The van der Waals surface area contributed by atoms with Crippen LogP contribution >= 0.6 is 0 Å². The number of benzene rings is 1. The van der Waals surface area contributed by atoms with E-state index in [1.165, 1.54) is 12.8 Å². The number of H-pyrrole nitrogens is 1. The summed E-state index contributed by atoms with van der Waals surface area (Å²) in [6.07, 6.45) is 7.14. The van der Waals surface area contributed by atoms with E-state index in [0.29, 0.717) is 19.1 Å². The highest BCUT2D eigenvalue weighted by molar-refractivity contribution is 5.85. The van der Waals surface area contributed by atoms with Crippen LogP contribution in [0.4, 0.5) is 0 Å². The molecule has 1 aromatic carbocycles. The second kappa shape index (κ2) is 9.54. The van der Waals surface area contributed by atoms with Gasteiger partial charge in [-0.2, -0.15) is 0 Å². The summed E-state index contributed by atoms with van der Waals surface area (Å²) in [7, 11) is 0. The summed E-state index contributed by atoms with van der Waals surface area (Å²) in [6, 6.07) is 10.4. The van der Waals surface area contributed by atoms with Crippen molar-refractivity contribution < 1.29 is 4.42 Å². The smallest absolute Gasteiger partial charge is 0.252 e. The van der Waals surface area contributed by atoms with Gasteiger partial charge in [0.2, 0.25) is 0 Å². The Labute approximate surface area is 199 Å². The maximum Gasteiger partial charge on any atom is 0.252 e. The zero-order valence-corrected chi connectivity index (χ0v) is 20.1. The van der Waals surface area contributed by atoms with Crippen LogP contribution in [-0.4, -0.2) is 30.1 Å². The molecular weight excluding hydrogens is 428 g/mol. The van der Waals surface area contributed by atoms with Crippen LogP contribution in [0.2, 0.25) is 0 Å². The standard InChI is InChI=1S/C26H32N6O2/c1-4-23(25-28-29-30-32(25)20-8-5-6-9-20)31(16-21-10-7-13-34-21)15-19-14-22-17(2)11-12-18(3)24(22)27-26(19)33/h7,10-14,20,23H,4-6,8-9,15-16H2,1-3H3,(H,27,33). The van der Waals surface area contributed by atoms with Crippen molar-refractivity contribution in [1.29, 1.82) is 0 Å². The first kappa shape index (κ1) is 22.5. The molecule has 3 aromatic heterocycles. The summed E-state index contributed by atoms with van der Waals surface area (Å²) < 4.78 is 7.72. The fourth-order valence-electron chi connectivity index (χ4n) is 5.27. The Bertz CT molecular complexity index is 1320. The summed E-state index contributed by atoms with van der Waals surface area (Å²) in [5.74, 6) is 1.72. The van der Waals surface area contributed by atoms with Crippen molar-refractivity contribution in [2.45, 2.75) is 78.0 Å². The van der Waals surface area contributed by atoms with Gasteiger partial charge in [0.25, 0.3) is 5.56 Å². The molecule has 0 amide bonds. The lowest BCUT2D eigenvalue weighted by atomic mass is 10.0. The summed E-state index contributed by atoms with van der Waals surface area (Å²) in [5.41, 5.74) is 3.79. The maximum atomic E-state index is 13.2. The van der Waals surface area contributed by atoms with E-state index in [2.05, 4.69) is 45.3 Å². The molecule has 3 heterocycles. The van der Waals surface area contributed by atoms with E-state index in [0.717, 1.165) is 58.4 Å². The van der Waals surface area contributed by atoms with Crippen molar-refractivity contribution in [2.24, 2.45) is 0 Å². The third-order valence-corrected chi connectivity index (χ3v) is 7.15. The Hall–Kier alpha value is -3.26. The van der Waals surface area contributed by atoms with Gasteiger partial charge in [-0.05, 0) is 72.9 Å². The summed E-state index contributed by atoms with van der Waals surface area (Å²) in [4.78, 5) is 18.5. The van der Waals surface area contributed by atoms with Gasteiger partial charge in [-0.1, -0.05) is 31.9 Å². The molecule has 0 spiro atoms. The lowest BCUT2D eigenvalue weighted by Crippen LogP contribution is -2.32. The normalized spacial score (nSPS) is 15.5. The van der Waals surface area contributed by atoms with Crippen molar-refractivity contribution in [1.82, 2.24) is 30.1 Å². The van der Waals surface area contributed by atoms with Gasteiger partial charge in [0.1, 0.15) is 5.76 Å². The average Bonchev–Trinajstić information content (AvgIpc) is 3.60. The first-order chi connectivity index (χ1) is 16.5. The predicted molar refractivity (Wildman–Crippen MR) is 130 cm³/mol. The van der Waals surface area contributed by atoms with Gasteiger partial charge in [0.15, 0.2) is 5.82 Å². The largest absolute Gasteiger partial charge is 0.468 e. The molecule has 0 radical (unpaired) electrons. The monoisotopic (exact) mass is 460 g/mol. The lowest BCUT2D eigenvalue weighted by molar-refractivity contribution is 0.146. The number of aromatic amines is 1. The van der Waals surface area contributed by atoms with Gasteiger partial charge >= 0.3 is 0 Å². The van der Waals surface area contributed by atoms with Crippen molar-refractivity contribution in [3.8, 4) is 0 Å². The molecule has 1 atom stereocenters. The fourth-order valence-corrected chi connectivity index (χ4v) is 5.27. The highest BCUT2D eigenvalue weighted by atomic mass is 16.3. The second-order valence-corrected chi connectivity index (χ2v) is 9.44. The van der Waals surface area contributed by atoms with E-state index >= 15 is 0 Å². The lowest BCUT2D eigenvalue weighted by Gasteiger charge is -2.30. The molecule has 1 unspecified atom stereocenters. The van der Waals surface area contributed by atoms with Crippen molar-refractivity contribution in [3.05, 3.63) is 75.2 Å². The van der Waals surface area contributed by atoms with Gasteiger partial charge in [-0.15, -0.1) is 5.10 Å². The number of aromatic nitrogens is 5. The second-order valence-electron chi connectivity index (χ2n) is 9.44. The highest BCUT2D eigenvalue weighted by Crippen LogP contribution is 2.33. The maximum absolute atomic E-state index is 13.2. The van der Waals surface area contributed by atoms with Crippen LogP contribution in [0.5, 0.6) is 0 Å². The molecule has 1 aliphatic carbocycles. The molecule has 8 nitrogen and oxygen atoms in total. The van der Waals surface area contributed by atoms with Gasteiger partial charge in [-0.25, -0.2) is 4.68 Å². The molecule has 1 saturated carbocycles. The first-order valence-corrected chi connectivity index (χ1v) is 12.2. The third kappa shape index (κ3) is 4.30. The quantitative estimate of drug-likeness (QED) is 0.398. The number of rotatable bonds is 8. The number of tetrazole rings is 1. The number of hydrogen-bond acceptors (Lipinski definition) is 6. The molecule has 1 fully saturated rings. The molecule has 8 heteroatoms. The summed E-state index contributed by atoms with van der Waals surface area (Å²) in [5, 5.41) is 14.0. The average molecular weight is 461 g/mol. The summed E-state index contributed by atoms with van der Waals surface area (Å²) in [6.45, 7) is 7.28. The van der Waals surface area contributed by atoms with Crippen LogP contribution in [0, 0.1) is 13.8 Å². The molecule has 1 N–H and O–H groups in total. The van der Waals surface area contributed by atoms with Crippen molar-refractivity contribution in [2.75, 3.05) is 0 Å². The molecule has 34 heavy (non-hydrogen) atoms. The van der Waals surface area contributed by atoms with Crippen molar-refractivity contribution in [3.63, 3.8) is 0 Å². The summed E-state index contributed by atoms with van der Waals surface area (Å²) >= 11 is 0. The van der Waals surface area contributed by atoms with Gasteiger partial charge in [0.05, 0.1) is 30.4 Å². The van der Waals surface area contributed by atoms with Crippen LogP contribution < -0.4 is 5.56 Å². The SMILES string of the molecule is CCC(c1nnnn1C1CCCC1)N(Cc1ccco1)Cc1cc2c(C)ccc(C)c2[nH]c1=O. The van der Waals surface area contributed by atoms with Gasteiger partial charge in [0, 0.05) is 17.5 Å². The van der Waals surface area contributed by atoms with E-state index in [1.54, 1.807) is 6.26 Å². The first-order valence-electron chi connectivity index (χ1n) is 12.2. The van der Waals surface area contributed by atoms with Crippen LogP contribution in [0.3, 0.4) is 0 Å². The molecule has 4 aromatic rings. The Morgan fingerprint density at radius 2 is 1.97 bits per heavy atom. The Kier molecular flexibility index (Phi) is 6.32. The van der Waals surface area contributed by atoms with Crippen LogP contribution in [0.15, 0.2) is 45.8 Å². The number of furan rings is 1.